The van der Waals surface area contributed by atoms with E-state index in [9.17, 15) is 13.2 Å². The van der Waals surface area contributed by atoms with Crippen molar-refractivity contribution in [1.29, 1.82) is 0 Å². The van der Waals surface area contributed by atoms with Crippen LogP contribution in [-0.4, -0.2) is 50.7 Å². The summed E-state index contributed by atoms with van der Waals surface area (Å²) in [5.74, 6) is 0.0324. The number of aromatic nitrogens is 2. The predicted molar refractivity (Wildman–Crippen MR) is 140 cm³/mol. The first-order valence-electron chi connectivity index (χ1n) is 11.7. The van der Waals surface area contributed by atoms with Crippen LogP contribution in [0, 0.1) is 19.8 Å². The van der Waals surface area contributed by atoms with Gasteiger partial charge in [-0.25, -0.2) is 18.2 Å². The summed E-state index contributed by atoms with van der Waals surface area (Å²) in [4.78, 5) is 21.6. The van der Waals surface area contributed by atoms with Crippen LogP contribution in [0.1, 0.15) is 41.5 Å². The van der Waals surface area contributed by atoms with E-state index in [1.165, 1.54) is 42.7 Å². The van der Waals surface area contributed by atoms with E-state index in [4.69, 9.17) is 4.74 Å². The maximum absolute atomic E-state index is 13.2. The molecular formula is C25H30N4O5S2. The molecule has 1 aliphatic heterocycles. The van der Waals surface area contributed by atoms with Gasteiger partial charge < -0.3 is 14.8 Å². The standard InChI is InChI=1S/C25H30N4O5S2/c1-15(18-9-11-34-12-10-18)27-25-28-17(3)23(35-25)20-13-22(16(2)26-14-20)36(31,32)29-21-7-5-19(6-8-21)24(30)33-4/h5-8,13-15,18,29H,9-12H2,1-4H3,(H,27,28). The summed E-state index contributed by atoms with van der Waals surface area (Å²) in [6, 6.07) is 7.92. The van der Waals surface area contributed by atoms with E-state index in [-0.39, 0.29) is 10.9 Å². The number of thiazole rings is 1. The number of esters is 1. The lowest BCUT2D eigenvalue weighted by molar-refractivity contribution is 0.0600. The summed E-state index contributed by atoms with van der Waals surface area (Å²) in [5, 5.41) is 4.32. The lowest BCUT2D eigenvalue weighted by Crippen LogP contribution is -2.30. The molecule has 1 unspecified atom stereocenters. The number of hydrogen-bond donors (Lipinski definition) is 2. The fraction of sp³-hybridized carbons (Fsp3) is 0.400. The van der Waals surface area contributed by atoms with E-state index in [0.29, 0.717) is 28.4 Å². The molecule has 0 aliphatic carbocycles. The summed E-state index contributed by atoms with van der Waals surface area (Å²) < 4.78 is 39.1. The number of benzene rings is 1. The lowest BCUT2D eigenvalue weighted by atomic mass is 9.93. The van der Waals surface area contributed by atoms with Crippen molar-refractivity contribution in [3.63, 3.8) is 0 Å². The highest BCUT2D eigenvalue weighted by atomic mass is 32.2. The Hall–Kier alpha value is -3.02. The molecule has 36 heavy (non-hydrogen) atoms. The van der Waals surface area contributed by atoms with Crippen molar-refractivity contribution < 1.29 is 22.7 Å². The van der Waals surface area contributed by atoms with E-state index in [2.05, 4.69) is 31.7 Å². The number of carbonyl (C=O) groups is 1. The normalized spacial score (nSPS) is 15.3. The van der Waals surface area contributed by atoms with E-state index < -0.39 is 16.0 Å². The number of anilines is 2. The molecule has 3 heterocycles. The van der Waals surface area contributed by atoms with Gasteiger partial charge in [0.1, 0.15) is 4.90 Å². The molecule has 2 aromatic heterocycles. The van der Waals surface area contributed by atoms with Crippen molar-refractivity contribution in [1.82, 2.24) is 9.97 Å². The van der Waals surface area contributed by atoms with Gasteiger partial charge in [-0.05, 0) is 69.9 Å². The molecule has 0 spiro atoms. The lowest BCUT2D eigenvalue weighted by Gasteiger charge is -2.28. The monoisotopic (exact) mass is 530 g/mol. The maximum atomic E-state index is 13.2. The number of nitrogens with one attached hydrogen (secondary N) is 2. The minimum absolute atomic E-state index is 0.0786. The highest BCUT2D eigenvalue weighted by molar-refractivity contribution is 7.92. The number of nitrogens with zero attached hydrogens (tertiary/aromatic N) is 2. The topological polar surface area (TPSA) is 120 Å². The first-order valence-corrected chi connectivity index (χ1v) is 14.0. The summed E-state index contributed by atoms with van der Waals surface area (Å²) in [6.45, 7) is 7.29. The van der Waals surface area contributed by atoms with Gasteiger partial charge >= 0.3 is 5.97 Å². The van der Waals surface area contributed by atoms with E-state index in [1.54, 1.807) is 19.2 Å². The van der Waals surface area contributed by atoms with Gasteiger partial charge in [-0.2, -0.15) is 0 Å². The van der Waals surface area contributed by atoms with Crippen molar-refractivity contribution in [2.24, 2.45) is 5.92 Å². The van der Waals surface area contributed by atoms with Gasteiger partial charge in [-0.15, -0.1) is 0 Å². The largest absolute Gasteiger partial charge is 0.465 e. The zero-order valence-corrected chi connectivity index (χ0v) is 22.3. The molecular weight excluding hydrogens is 500 g/mol. The van der Waals surface area contributed by atoms with E-state index in [0.717, 1.165) is 41.8 Å². The van der Waals surface area contributed by atoms with Gasteiger partial charge in [-0.3, -0.25) is 9.71 Å². The van der Waals surface area contributed by atoms with Crippen LogP contribution < -0.4 is 10.0 Å². The molecule has 1 aromatic carbocycles. The van der Waals surface area contributed by atoms with E-state index in [1.807, 2.05) is 6.92 Å². The highest BCUT2D eigenvalue weighted by Crippen LogP contribution is 2.35. The number of aryl methyl sites for hydroxylation is 2. The van der Waals surface area contributed by atoms with Crippen LogP contribution in [0.2, 0.25) is 0 Å². The molecule has 1 fully saturated rings. The first kappa shape index (κ1) is 26.1. The molecule has 1 aliphatic rings. The van der Waals surface area contributed by atoms with Gasteiger partial charge in [0.05, 0.1) is 28.9 Å². The van der Waals surface area contributed by atoms with E-state index >= 15 is 0 Å². The fourth-order valence-corrected chi connectivity index (χ4v) is 6.49. The molecule has 3 aromatic rings. The molecule has 0 bridgehead atoms. The summed E-state index contributed by atoms with van der Waals surface area (Å²) in [7, 11) is -2.63. The van der Waals surface area contributed by atoms with Crippen LogP contribution in [-0.2, 0) is 19.5 Å². The molecule has 192 valence electrons. The molecule has 2 N–H and O–H groups in total. The maximum Gasteiger partial charge on any atom is 0.337 e. The number of ether oxygens (including phenoxy) is 2. The zero-order valence-electron chi connectivity index (χ0n) is 20.7. The molecule has 0 saturated carbocycles. The second kappa shape index (κ2) is 10.9. The Kier molecular flexibility index (Phi) is 7.91. The van der Waals surface area contributed by atoms with Crippen molar-refractivity contribution in [2.45, 2.75) is 44.6 Å². The van der Waals surface area contributed by atoms with Gasteiger partial charge in [0.15, 0.2) is 5.13 Å². The molecule has 11 heteroatoms. The van der Waals surface area contributed by atoms with Crippen molar-refractivity contribution in [3.8, 4) is 10.4 Å². The van der Waals surface area contributed by atoms with Gasteiger partial charge in [0, 0.05) is 36.7 Å². The van der Waals surface area contributed by atoms with Crippen LogP contribution in [0.4, 0.5) is 10.8 Å². The number of methoxy groups -OCH3 is 1. The summed E-state index contributed by atoms with van der Waals surface area (Å²) in [6.07, 6.45) is 3.71. The molecule has 1 atom stereocenters. The Labute approximate surface area is 215 Å². The Morgan fingerprint density at radius 1 is 1.17 bits per heavy atom. The smallest absolute Gasteiger partial charge is 0.337 e. The Morgan fingerprint density at radius 3 is 2.53 bits per heavy atom. The number of carbonyl (C=O) groups excluding carboxylic acids is 1. The van der Waals surface area contributed by atoms with Crippen molar-refractivity contribution in [3.05, 3.63) is 53.5 Å². The molecule has 0 amide bonds. The third-order valence-electron chi connectivity index (χ3n) is 6.27. The molecule has 0 radical (unpaired) electrons. The van der Waals surface area contributed by atoms with Crippen LogP contribution in [0.3, 0.4) is 0 Å². The second-order valence-electron chi connectivity index (χ2n) is 8.80. The molecule has 9 nitrogen and oxygen atoms in total. The summed E-state index contributed by atoms with van der Waals surface area (Å²) in [5.41, 5.74) is 2.53. The minimum atomic E-state index is -3.92. The molecule has 4 rings (SSSR count). The third kappa shape index (κ3) is 5.85. The highest BCUT2D eigenvalue weighted by Gasteiger charge is 2.23. The summed E-state index contributed by atoms with van der Waals surface area (Å²) >= 11 is 1.49. The van der Waals surface area contributed by atoms with Crippen LogP contribution >= 0.6 is 11.3 Å². The Balaban J connectivity index is 1.55. The van der Waals surface area contributed by atoms with Crippen molar-refractivity contribution in [2.75, 3.05) is 30.4 Å². The van der Waals surface area contributed by atoms with Gasteiger partial charge in [0.25, 0.3) is 10.0 Å². The Morgan fingerprint density at radius 2 is 1.86 bits per heavy atom. The Bertz CT molecular complexity index is 1330. The minimum Gasteiger partial charge on any atom is -0.465 e. The van der Waals surface area contributed by atoms with Gasteiger partial charge in [-0.1, -0.05) is 11.3 Å². The number of rotatable bonds is 8. The average molecular weight is 531 g/mol. The molecule has 1 saturated heterocycles. The van der Waals surface area contributed by atoms with Crippen molar-refractivity contribution >= 4 is 38.1 Å². The predicted octanol–water partition coefficient (Wildman–Crippen LogP) is 4.64. The number of pyridine rings is 1. The third-order valence-corrected chi connectivity index (χ3v) is 8.91. The SMILES string of the molecule is COC(=O)c1ccc(NS(=O)(=O)c2cc(-c3sc(NC(C)C4CCOCC4)nc3C)cnc2C)cc1. The number of hydrogen-bond acceptors (Lipinski definition) is 9. The quantitative estimate of drug-likeness (QED) is 0.405. The van der Waals surface area contributed by atoms with Crippen LogP contribution in [0.5, 0.6) is 0 Å². The zero-order chi connectivity index (χ0) is 25.9. The first-order chi connectivity index (χ1) is 17.2. The van der Waals surface area contributed by atoms with Crippen LogP contribution in [0.25, 0.3) is 10.4 Å². The number of sulfonamides is 1. The second-order valence-corrected chi connectivity index (χ2v) is 11.4. The fourth-order valence-electron chi connectivity index (χ4n) is 4.17. The van der Waals surface area contributed by atoms with Gasteiger partial charge in [0.2, 0.25) is 0 Å². The average Bonchev–Trinajstić information content (AvgIpc) is 3.24. The van der Waals surface area contributed by atoms with Crippen LogP contribution in [0.15, 0.2) is 41.4 Å².